The van der Waals surface area contributed by atoms with Crippen molar-refractivity contribution in [1.29, 1.82) is 0 Å². The van der Waals surface area contributed by atoms with Crippen molar-refractivity contribution in [3.63, 3.8) is 0 Å². The van der Waals surface area contributed by atoms with Crippen LogP contribution in [0.3, 0.4) is 0 Å². The van der Waals surface area contributed by atoms with Gasteiger partial charge in [0, 0.05) is 18.4 Å². The van der Waals surface area contributed by atoms with Crippen molar-refractivity contribution in [3.8, 4) is 23.0 Å². The highest BCUT2D eigenvalue weighted by Crippen LogP contribution is 2.33. The van der Waals surface area contributed by atoms with E-state index in [4.69, 9.17) is 28.4 Å². The van der Waals surface area contributed by atoms with Gasteiger partial charge in [-0.05, 0) is 98.0 Å². The molecule has 0 spiro atoms. The summed E-state index contributed by atoms with van der Waals surface area (Å²) in [5.74, 6) is 0.534. The normalized spacial score (nSPS) is 15.2. The van der Waals surface area contributed by atoms with Gasteiger partial charge in [-0.2, -0.15) is 0 Å². The number of nitrogens with zero attached hydrogens (tertiary/aromatic N) is 1. The number of esters is 1. The zero-order chi connectivity index (χ0) is 42.1. The maximum atomic E-state index is 14.0. The summed E-state index contributed by atoms with van der Waals surface area (Å²) in [5.41, 5.74) is 1.72. The first kappa shape index (κ1) is 45.6. The average molecular weight is 805 g/mol. The van der Waals surface area contributed by atoms with Crippen LogP contribution in [0.5, 0.6) is 23.0 Å². The Bertz CT molecular complexity index is 1800. The first-order valence-electron chi connectivity index (χ1n) is 20.0. The van der Waals surface area contributed by atoms with Gasteiger partial charge in [-0.25, -0.2) is 4.79 Å². The fourth-order valence-electron chi connectivity index (χ4n) is 6.55. The Hall–Kier alpha value is -5.14. The molecule has 13 heteroatoms. The van der Waals surface area contributed by atoms with Crippen LogP contribution >= 0.6 is 0 Å². The molecule has 0 aromatic heterocycles. The van der Waals surface area contributed by atoms with E-state index in [1.807, 2.05) is 61.5 Å². The number of methoxy groups -OCH3 is 3. The maximum absolute atomic E-state index is 14.0. The Morgan fingerprint density at radius 1 is 0.879 bits per heavy atom. The number of hydrogen-bond acceptors (Lipinski definition) is 11. The number of aliphatic hydroxyl groups is 1. The SMILES string of the molecule is CCC(C)(C)C(=O)C(=O)N1CCCC[C@H]1C(=O)O[C@H](CCc1ccc(OC)c(OC)c1)c1cccc(OCCNC(=O)CCC(CO)OCc2ccc(OC)cc2)c1. The number of aliphatic hydroxyl groups excluding tert-OH is 1. The summed E-state index contributed by atoms with van der Waals surface area (Å²) >= 11 is 0. The molecule has 0 aliphatic carbocycles. The number of amides is 2. The maximum Gasteiger partial charge on any atom is 0.329 e. The molecular formula is C45H60N2O11. The number of ether oxygens (including phenoxy) is 6. The molecule has 1 aliphatic rings. The van der Waals surface area contributed by atoms with Crippen molar-refractivity contribution in [2.45, 2.75) is 97.0 Å². The van der Waals surface area contributed by atoms with E-state index < -0.39 is 41.3 Å². The molecule has 3 aromatic carbocycles. The number of rotatable bonds is 23. The van der Waals surface area contributed by atoms with Gasteiger partial charge in [-0.3, -0.25) is 14.4 Å². The van der Waals surface area contributed by atoms with Gasteiger partial charge < -0.3 is 43.7 Å². The van der Waals surface area contributed by atoms with E-state index in [9.17, 15) is 24.3 Å². The van der Waals surface area contributed by atoms with Gasteiger partial charge in [0.25, 0.3) is 5.91 Å². The molecule has 2 amide bonds. The van der Waals surface area contributed by atoms with Crippen LogP contribution in [0.1, 0.15) is 88.5 Å². The molecule has 13 nitrogen and oxygen atoms in total. The monoisotopic (exact) mass is 804 g/mol. The Morgan fingerprint density at radius 3 is 2.31 bits per heavy atom. The molecule has 3 atom stereocenters. The molecule has 1 saturated heterocycles. The summed E-state index contributed by atoms with van der Waals surface area (Å²) in [7, 11) is 4.74. The summed E-state index contributed by atoms with van der Waals surface area (Å²) in [6.45, 7) is 6.18. The zero-order valence-corrected chi connectivity index (χ0v) is 34.8. The van der Waals surface area contributed by atoms with E-state index in [1.165, 1.54) is 4.90 Å². The lowest BCUT2D eigenvalue weighted by Crippen LogP contribution is -2.53. The summed E-state index contributed by atoms with van der Waals surface area (Å²) in [6.07, 6.45) is 2.57. The van der Waals surface area contributed by atoms with E-state index in [-0.39, 0.29) is 32.1 Å². The first-order valence-corrected chi connectivity index (χ1v) is 20.0. The van der Waals surface area contributed by atoms with Crippen LogP contribution in [-0.2, 0) is 41.7 Å². The summed E-state index contributed by atoms with van der Waals surface area (Å²) < 4.78 is 34.1. The molecule has 316 valence electrons. The lowest BCUT2D eigenvalue weighted by molar-refractivity contribution is -0.164. The van der Waals surface area contributed by atoms with E-state index in [0.29, 0.717) is 74.5 Å². The minimum absolute atomic E-state index is 0.172. The average Bonchev–Trinajstić information content (AvgIpc) is 3.26. The second-order valence-electron chi connectivity index (χ2n) is 15.0. The van der Waals surface area contributed by atoms with Crippen molar-refractivity contribution in [2.24, 2.45) is 5.41 Å². The third-order valence-electron chi connectivity index (χ3n) is 10.6. The molecule has 2 N–H and O–H groups in total. The largest absolute Gasteiger partial charge is 0.497 e. The fourth-order valence-corrected chi connectivity index (χ4v) is 6.55. The van der Waals surface area contributed by atoms with Crippen molar-refractivity contribution in [2.75, 3.05) is 47.6 Å². The molecular weight excluding hydrogens is 744 g/mol. The number of aryl methyl sites for hydroxylation is 1. The third-order valence-corrected chi connectivity index (χ3v) is 10.6. The minimum Gasteiger partial charge on any atom is -0.497 e. The number of carbonyl (C=O) groups is 4. The molecule has 4 rings (SSSR count). The Balaban J connectivity index is 1.38. The lowest BCUT2D eigenvalue weighted by Gasteiger charge is -2.36. The number of Topliss-reactive ketones (excluding diaryl/α,β-unsaturated/α-hetero) is 1. The van der Waals surface area contributed by atoms with E-state index in [2.05, 4.69) is 5.32 Å². The van der Waals surface area contributed by atoms with E-state index >= 15 is 0 Å². The van der Waals surface area contributed by atoms with Crippen LogP contribution in [-0.4, -0.2) is 93.4 Å². The van der Waals surface area contributed by atoms with Gasteiger partial charge in [0.1, 0.15) is 30.3 Å². The molecule has 0 saturated carbocycles. The highest BCUT2D eigenvalue weighted by atomic mass is 16.5. The van der Waals surface area contributed by atoms with Gasteiger partial charge in [0.05, 0.1) is 47.2 Å². The number of hydrogen-bond donors (Lipinski definition) is 2. The molecule has 1 aliphatic heterocycles. The lowest BCUT2D eigenvalue weighted by atomic mass is 9.84. The molecule has 0 bridgehead atoms. The molecule has 1 heterocycles. The topological polar surface area (TPSA) is 159 Å². The Morgan fingerprint density at radius 2 is 1.62 bits per heavy atom. The van der Waals surface area contributed by atoms with Crippen LogP contribution < -0.4 is 24.3 Å². The number of likely N-dealkylation sites (tertiary alicyclic amines) is 1. The standard InChI is InChI=1S/C45H60N2O11/c1-7-45(2,3)42(50)43(51)47-25-9-8-13-37(47)44(52)58-38(21-16-31-17-22-39(54-5)40(27-31)55-6)33-11-10-12-35(28-33)56-26-24-46-41(49)23-20-36(29-48)57-30-32-14-18-34(53-4)19-15-32/h10-12,14-15,17-19,22,27-28,36-38,48H,7-9,13,16,20-21,23-26,29-30H2,1-6H3,(H,46,49)/t36?,37-,38+/m0/s1. The predicted molar refractivity (Wildman–Crippen MR) is 218 cm³/mol. The van der Waals surface area contributed by atoms with Crippen LogP contribution in [0.25, 0.3) is 0 Å². The quantitative estimate of drug-likeness (QED) is 0.0642. The van der Waals surface area contributed by atoms with Gasteiger partial charge in [-0.15, -0.1) is 0 Å². The van der Waals surface area contributed by atoms with Gasteiger partial charge >= 0.3 is 5.97 Å². The number of benzene rings is 3. The van der Waals surface area contributed by atoms with Crippen molar-refractivity contribution in [3.05, 3.63) is 83.4 Å². The smallest absolute Gasteiger partial charge is 0.329 e. The predicted octanol–water partition coefficient (Wildman–Crippen LogP) is 6.17. The van der Waals surface area contributed by atoms with Crippen molar-refractivity contribution < 1.29 is 52.7 Å². The van der Waals surface area contributed by atoms with Gasteiger partial charge in [0.2, 0.25) is 11.7 Å². The van der Waals surface area contributed by atoms with Crippen LogP contribution in [0.4, 0.5) is 0 Å². The van der Waals surface area contributed by atoms with Crippen molar-refractivity contribution in [1.82, 2.24) is 10.2 Å². The highest BCUT2D eigenvalue weighted by Gasteiger charge is 2.41. The summed E-state index contributed by atoms with van der Waals surface area (Å²) in [6, 6.07) is 19.5. The molecule has 1 fully saturated rings. The fraction of sp³-hybridized carbons (Fsp3) is 0.511. The highest BCUT2D eigenvalue weighted by molar-refractivity contribution is 6.38. The van der Waals surface area contributed by atoms with E-state index in [1.54, 1.807) is 47.3 Å². The third kappa shape index (κ3) is 13.2. The molecule has 58 heavy (non-hydrogen) atoms. The minimum atomic E-state index is -0.878. The zero-order valence-electron chi connectivity index (χ0n) is 34.8. The first-order chi connectivity index (χ1) is 27.9. The Kier molecular flexibility index (Phi) is 17.8. The van der Waals surface area contributed by atoms with Crippen molar-refractivity contribution >= 4 is 23.6 Å². The van der Waals surface area contributed by atoms with Crippen LogP contribution in [0.2, 0.25) is 0 Å². The number of carbonyl (C=O) groups excluding carboxylic acids is 4. The Labute approximate surface area is 342 Å². The van der Waals surface area contributed by atoms with Crippen LogP contribution in [0, 0.1) is 5.41 Å². The van der Waals surface area contributed by atoms with Crippen LogP contribution in [0.15, 0.2) is 66.7 Å². The second-order valence-corrected chi connectivity index (χ2v) is 15.0. The number of ketones is 1. The van der Waals surface area contributed by atoms with E-state index in [0.717, 1.165) is 23.3 Å². The summed E-state index contributed by atoms with van der Waals surface area (Å²) in [4.78, 5) is 54.6. The number of nitrogens with one attached hydrogen (secondary N) is 1. The van der Waals surface area contributed by atoms with Gasteiger partial charge in [0.15, 0.2) is 11.5 Å². The molecule has 3 aromatic rings. The summed E-state index contributed by atoms with van der Waals surface area (Å²) in [5, 5.41) is 12.6. The molecule has 1 unspecified atom stereocenters. The number of piperidine rings is 1. The molecule has 0 radical (unpaired) electrons. The van der Waals surface area contributed by atoms with Gasteiger partial charge in [-0.1, -0.05) is 51.1 Å². The second kappa shape index (κ2) is 22.7.